The Morgan fingerprint density at radius 2 is 2.07 bits per heavy atom. The van der Waals surface area contributed by atoms with Gasteiger partial charge in [-0.25, -0.2) is 13.1 Å². The van der Waals surface area contributed by atoms with Crippen molar-refractivity contribution in [1.82, 2.24) is 15.4 Å². The largest absolute Gasteiger partial charge is 0.494 e. The molecular weight excluding hydrogens is 368 g/mol. The number of benzene rings is 1. The molecule has 1 unspecified atom stereocenters. The van der Waals surface area contributed by atoms with E-state index >= 15 is 0 Å². The van der Waals surface area contributed by atoms with E-state index in [1.165, 1.54) is 5.56 Å². The van der Waals surface area contributed by atoms with Gasteiger partial charge in [0.15, 0.2) is 5.96 Å². The minimum Gasteiger partial charge on any atom is -0.494 e. The van der Waals surface area contributed by atoms with Gasteiger partial charge < -0.3 is 20.1 Å². The second kappa shape index (κ2) is 9.80. The standard InChI is InChI=1S/C18H30N4O4S/c1-5-25-16-10-14-9-13(3)26-17(14)11-15(16)12-21-18(19-4)20-7-8-22-27(23,24)6-2/h10-11,13,22H,5-9,12H2,1-4H3,(H2,19,20,21). The van der Waals surface area contributed by atoms with Gasteiger partial charge >= 0.3 is 0 Å². The number of hydrogen-bond donors (Lipinski definition) is 3. The van der Waals surface area contributed by atoms with Crippen LogP contribution in [0.1, 0.15) is 31.9 Å². The normalized spacial score (nSPS) is 16.6. The van der Waals surface area contributed by atoms with Gasteiger partial charge in [-0.3, -0.25) is 4.99 Å². The van der Waals surface area contributed by atoms with Gasteiger partial charge in [-0.1, -0.05) is 0 Å². The first kappa shape index (κ1) is 21.3. The Labute approximate surface area is 161 Å². The van der Waals surface area contributed by atoms with Gasteiger partial charge in [-0.2, -0.15) is 0 Å². The maximum Gasteiger partial charge on any atom is 0.211 e. The minimum atomic E-state index is -3.18. The highest BCUT2D eigenvalue weighted by Gasteiger charge is 2.21. The quantitative estimate of drug-likeness (QED) is 0.326. The van der Waals surface area contributed by atoms with Gasteiger partial charge in [-0.05, 0) is 32.9 Å². The van der Waals surface area contributed by atoms with E-state index in [0.717, 1.165) is 23.5 Å². The summed E-state index contributed by atoms with van der Waals surface area (Å²) in [6.07, 6.45) is 1.07. The summed E-state index contributed by atoms with van der Waals surface area (Å²) < 4.78 is 37.0. The lowest BCUT2D eigenvalue weighted by atomic mass is 10.1. The number of sulfonamides is 1. The lowest BCUT2D eigenvalue weighted by molar-refractivity contribution is 0.254. The molecule has 1 aliphatic rings. The molecule has 1 atom stereocenters. The zero-order chi connectivity index (χ0) is 19.9. The molecule has 0 saturated heterocycles. The molecule has 0 amide bonds. The molecular formula is C18H30N4O4S. The van der Waals surface area contributed by atoms with Gasteiger partial charge in [0, 0.05) is 44.2 Å². The van der Waals surface area contributed by atoms with E-state index in [1.54, 1.807) is 14.0 Å². The lowest BCUT2D eigenvalue weighted by Crippen LogP contribution is -2.41. The molecule has 0 aromatic heterocycles. The van der Waals surface area contributed by atoms with Crippen molar-refractivity contribution in [2.45, 2.75) is 39.8 Å². The molecule has 152 valence electrons. The van der Waals surface area contributed by atoms with Gasteiger partial charge in [-0.15, -0.1) is 0 Å². The molecule has 0 radical (unpaired) electrons. The van der Waals surface area contributed by atoms with E-state index in [-0.39, 0.29) is 11.9 Å². The van der Waals surface area contributed by atoms with Crippen molar-refractivity contribution in [3.8, 4) is 11.5 Å². The Balaban J connectivity index is 1.93. The van der Waals surface area contributed by atoms with E-state index in [0.29, 0.717) is 32.2 Å². The second-order valence-electron chi connectivity index (χ2n) is 6.28. The van der Waals surface area contributed by atoms with Gasteiger partial charge in [0.25, 0.3) is 0 Å². The first-order valence-electron chi connectivity index (χ1n) is 9.25. The van der Waals surface area contributed by atoms with Crippen LogP contribution in [-0.4, -0.2) is 53.0 Å². The van der Waals surface area contributed by atoms with Crippen molar-refractivity contribution < 1.29 is 17.9 Å². The van der Waals surface area contributed by atoms with E-state index in [4.69, 9.17) is 9.47 Å². The van der Waals surface area contributed by atoms with E-state index < -0.39 is 10.0 Å². The first-order chi connectivity index (χ1) is 12.9. The first-order valence-corrected chi connectivity index (χ1v) is 10.9. The van der Waals surface area contributed by atoms with E-state index in [9.17, 15) is 8.42 Å². The van der Waals surface area contributed by atoms with Crippen LogP contribution in [-0.2, 0) is 23.0 Å². The van der Waals surface area contributed by atoms with Crippen LogP contribution >= 0.6 is 0 Å². The second-order valence-corrected chi connectivity index (χ2v) is 8.38. The molecule has 0 fully saturated rings. The molecule has 2 rings (SSSR count). The minimum absolute atomic E-state index is 0.0686. The molecule has 0 bridgehead atoms. The van der Waals surface area contributed by atoms with Gasteiger partial charge in [0.2, 0.25) is 10.0 Å². The number of aliphatic imine (C=N–C) groups is 1. The summed E-state index contributed by atoms with van der Waals surface area (Å²) in [5, 5.41) is 6.31. The third-order valence-corrected chi connectivity index (χ3v) is 5.57. The predicted octanol–water partition coefficient (Wildman–Crippen LogP) is 1.01. The summed E-state index contributed by atoms with van der Waals surface area (Å²) in [4.78, 5) is 4.16. The average molecular weight is 399 g/mol. The van der Waals surface area contributed by atoms with Crippen molar-refractivity contribution in [2.24, 2.45) is 4.99 Å². The molecule has 1 heterocycles. The van der Waals surface area contributed by atoms with Crippen molar-refractivity contribution in [3.63, 3.8) is 0 Å². The predicted molar refractivity (Wildman–Crippen MR) is 107 cm³/mol. The van der Waals surface area contributed by atoms with Crippen LogP contribution in [0.25, 0.3) is 0 Å². The van der Waals surface area contributed by atoms with Crippen molar-refractivity contribution >= 4 is 16.0 Å². The van der Waals surface area contributed by atoms with Crippen LogP contribution in [0.5, 0.6) is 11.5 Å². The molecule has 3 N–H and O–H groups in total. The van der Waals surface area contributed by atoms with E-state index in [2.05, 4.69) is 33.3 Å². The summed E-state index contributed by atoms with van der Waals surface area (Å²) in [5.74, 6) is 2.40. The van der Waals surface area contributed by atoms with E-state index in [1.807, 2.05) is 13.0 Å². The number of hydrogen-bond acceptors (Lipinski definition) is 5. The maximum absolute atomic E-state index is 11.4. The highest BCUT2D eigenvalue weighted by atomic mass is 32.2. The lowest BCUT2D eigenvalue weighted by Gasteiger charge is -2.16. The Morgan fingerprint density at radius 3 is 2.74 bits per heavy atom. The molecule has 1 aromatic rings. The van der Waals surface area contributed by atoms with Crippen LogP contribution < -0.4 is 24.8 Å². The fourth-order valence-corrected chi connectivity index (χ4v) is 3.42. The zero-order valence-corrected chi connectivity index (χ0v) is 17.3. The summed E-state index contributed by atoms with van der Waals surface area (Å²) in [6, 6.07) is 4.06. The monoisotopic (exact) mass is 398 g/mol. The number of rotatable bonds is 9. The van der Waals surface area contributed by atoms with Gasteiger partial charge in [0.05, 0.1) is 12.4 Å². The van der Waals surface area contributed by atoms with Crippen LogP contribution in [0.4, 0.5) is 0 Å². The molecule has 8 nitrogen and oxygen atoms in total. The number of fused-ring (bicyclic) bond motifs is 1. The Bertz CT molecular complexity index is 765. The third-order valence-electron chi connectivity index (χ3n) is 4.17. The number of nitrogens with one attached hydrogen (secondary N) is 3. The van der Waals surface area contributed by atoms with Crippen LogP contribution in [0.15, 0.2) is 17.1 Å². The summed E-state index contributed by atoms with van der Waals surface area (Å²) >= 11 is 0. The SMILES string of the molecule is CCOc1cc2c(cc1CNC(=NC)NCCNS(=O)(=O)CC)OC(C)C2. The average Bonchev–Trinajstić information content (AvgIpc) is 3.00. The molecule has 0 aliphatic carbocycles. The number of guanidine groups is 1. The van der Waals surface area contributed by atoms with Crippen LogP contribution in [0, 0.1) is 0 Å². The highest BCUT2D eigenvalue weighted by molar-refractivity contribution is 7.89. The molecule has 0 spiro atoms. The smallest absolute Gasteiger partial charge is 0.211 e. The highest BCUT2D eigenvalue weighted by Crippen LogP contribution is 2.35. The Morgan fingerprint density at radius 1 is 1.30 bits per heavy atom. The fourth-order valence-electron chi connectivity index (χ4n) is 2.80. The number of ether oxygens (including phenoxy) is 2. The zero-order valence-electron chi connectivity index (χ0n) is 16.5. The van der Waals surface area contributed by atoms with Gasteiger partial charge in [0.1, 0.15) is 17.6 Å². The topological polar surface area (TPSA) is 101 Å². The summed E-state index contributed by atoms with van der Waals surface area (Å²) in [7, 11) is -1.51. The molecule has 9 heteroatoms. The Hall–Kier alpha value is -2.00. The van der Waals surface area contributed by atoms with Crippen molar-refractivity contribution in [3.05, 3.63) is 23.3 Å². The third kappa shape index (κ3) is 6.28. The summed E-state index contributed by atoms with van der Waals surface area (Å²) in [6.45, 7) is 7.45. The molecule has 1 aromatic carbocycles. The fraction of sp³-hybridized carbons (Fsp3) is 0.611. The maximum atomic E-state index is 11.4. The summed E-state index contributed by atoms with van der Waals surface area (Å²) in [5.41, 5.74) is 2.15. The molecule has 27 heavy (non-hydrogen) atoms. The van der Waals surface area contributed by atoms with Crippen LogP contribution in [0.3, 0.4) is 0 Å². The van der Waals surface area contributed by atoms with Crippen molar-refractivity contribution in [1.29, 1.82) is 0 Å². The molecule has 0 saturated carbocycles. The van der Waals surface area contributed by atoms with Crippen molar-refractivity contribution in [2.75, 3.05) is 32.5 Å². The van der Waals surface area contributed by atoms with Crippen LogP contribution in [0.2, 0.25) is 0 Å². The Kier molecular flexibility index (Phi) is 7.73. The number of nitrogens with zero attached hydrogens (tertiary/aromatic N) is 1. The molecule has 1 aliphatic heterocycles.